The zero-order valence-electron chi connectivity index (χ0n) is 18.4. The fourth-order valence-electron chi connectivity index (χ4n) is 3.58. The molecule has 0 saturated carbocycles. The van der Waals surface area contributed by atoms with Gasteiger partial charge in [-0.25, -0.2) is 4.79 Å². The molecule has 2 rings (SSSR count). The first-order chi connectivity index (χ1) is 15.0. The van der Waals surface area contributed by atoms with E-state index in [0.717, 1.165) is 35.9 Å². The highest BCUT2D eigenvalue weighted by molar-refractivity contribution is 5.75. The van der Waals surface area contributed by atoms with E-state index in [2.05, 4.69) is 35.2 Å². The number of rotatable bonds is 12. The van der Waals surface area contributed by atoms with Crippen LogP contribution in [0.1, 0.15) is 38.3 Å². The molecule has 0 spiro atoms. The quantitative estimate of drug-likeness (QED) is 0.225. The van der Waals surface area contributed by atoms with Crippen molar-refractivity contribution in [3.8, 4) is 0 Å². The maximum atomic E-state index is 13.1. The first-order valence-electron chi connectivity index (χ1n) is 10.6. The number of aromatic nitrogens is 3. The van der Waals surface area contributed by atoms with E-state index in [1.54, 1.807) is 13.1 Å². The third-order valence-electron chi connectivity index (χ3n) is 5.00. The van der Waals surface area contributed by atoms with E-state index < -0.39 is 11.2 Å². The molecule has 0 saturated heterocycles. The van der Waals surface area contributed by atoms with Gasteiger partial charge in [0, 0.05) is 31.4 Å². The molecule has 2 aromatic rings. The van der Waals surface area contributed by atoms with Gasteiger partial charge in [-0.3, -0.25) is 18.7 Å². The lowest BCUT2D eigenvalue weighted by atomic mass is 10.1. The molecular weight excluding hydrogens is 396 g/mol. The van der Waals surface area contributed by atoms with E-state index in [9.17, 15) is 14.4 Å². The number of aryl methyl sites for hydroxylation is 2. The number of hydrogen-bond donors (Lipinski definition) is 0. The topological polar surface area (TPSA) is 105 Å². The van der Waals surface area contributed by atoms with Crippen molar-refractivity contribution in [2.45, 2.75) is 58.7 Å². The summed E-state index contributed by atoms with van der Waals surface area (Å²) in [5, 5.41) is 7.56. The molecule has 0 aliphatic carbocycles. The van der Waals surface area contributed by atoms with Crippen LogP contribution in [0.2, 0.25) is 0 Å². The van der Waals surface area contributed by atoms with Crippen molar-refractivity contribution in [2.24, 2.45) is 10.2 Å². The van der Waals surface area contributed by atoms with Crippen LogP contribution in [0.3, 0.4) is 0 Å². The fraction of sp³-hybridized carbons (Fsp3) is 0.500. The summed E-state index contributed by atoms with van der Waals surface area (Å²) >= 11 is 0. The highest BCUT2D eigenvalue weighted by atomic mass is 16.2. The summed E-state index contributed by atoms with van der Waals surface area (Å²) in [5.41, 5.74) is -0.242. The Morgan fingerprint density at radius 3 is 2.39 bits per heavy atom. The molecule has 0 unspecified atom stereocenters. The Bertz CT molecular complexity index is 1180. The van der Waals surface area contributed by atoms with Gasteiger partial charge in [0.1, 0.15) is 34.9 Å². The van der Waals surface area contributed by atoms with E-state index in [1.807, 2.05) is 4.57 Å². The number of unbranched alkanes of at least 4 members (excludes halogenated alkanes) is 2. The molecular formula is C22H31N6O3+. The molecule has 0 bridgehead atoms. The Hall–Kier alpha value is -3.32. The molecule has 0 fully saturated rings. The molecule has 0 amide bonds. The van der Waals surface area contributed by atoms with E-state index in [-0.39, 0.29) is 23.9 Å². The van der Waals surface area contributed by atoms with Crippen molar-refractivity contribution in [1.29, 1.82) is 0 Å². The van der Waals surface area contributed by atoms with Gasteiger partial charge in [-0.2, -0.15) is 0 Å². The van der Waals surface area contributed by atoms with Gasteiger partial charge in [-0.05, 0) is 25.7 Å². The predicted octanol–water partition coefficient (Wildman–Crippen LogP) is 2.42. The third-order valence-corrected chi connectivity index (χ3v) is 5.00. The summed E-state index contributed by atoms with van der Waals surface area (Å²) in [6.07, 6.45) is 7.12. The van der Waals surface area contributed by atoms with Gasteiger partial charge in [0.05, 0.1) is 0 Å². The summed E-state index contributed by atoms with van der Waals surface area (Å²) in [4.78, 5) is 42.8. The van der Waals surface area contributed by atoms with Crippen LogP contribution in [0.15, 0.2) is 56.0 Å². The van der Waals surface area contributed by atoms with Gasteiger partial charge < -0.3 is 4.57 Å². The van der Waals surface area contributed by atoms with Crippen molar-refractivity contribution < 1.29 is 0 Å². The van der Waals surface area contributed by atoms with Crippen molar-refractivity contribution in [1.82, 2.24) is 18.6 Å². The summed E-state index contributed by atoms with van der Waals surface area (Å²) in [6.45, 7) is 10.8. The summed E-state index contributed by atoms with van der Waals surface area (Å²) in [6, 6.07) is 1.54. The van der Waals surface area contributed by atoms with Gasteiger partial charge >= 0.3 is 5.69 Å². The van der Waals surface area contributed by atoms with Crippen LogP contribution < -0.4 is 21.6 Å². The minimum absolute atomic E-state index is 0.0213. The number of pyridine rings is 1. The Kier molecular flexibility index (Phi) is 9.09. The van der Waals surface area contributed by atoms with Gasteiger partial charge in [0.15, 0.2) is 5.43 Å². The minimum Gasteiger partial charge on any atom is -0.331 e. The normalized spacial score (nSPS) is 10.6. The molecule has 0 aliphatic heterocycles. The lowest BCUT2D eigenvalue weighted by Gasteiger charge is -2.20. The largest absolute Gasteiger partial charge is 0.333 e. The molecule has 9 nitrogen and oxygen atoms in total. The number of nitrogens with zero attached hydrogens (tertiary/aromatic N) is 6. The summed E-state index contributed by atoms with van der Waals surface area (Å²) < 4.78 is 4.45. The Labute approximate surface area is 180 Å². The highest BCUT2D eigenvalue weighted by Gasteiger charge is 2.19. The Morgan fingerprint density at radius 2 is 1.74 bits per heavy atom. The number of hydrogen-bond acceptors (Lipinski definition) is 5. The highest BCUT2D eigenvalue weighted by Crippen LogP contribution is 2.14. The lowest BCUT2D eigenvalue weighted by Crippen LogP contribution is -2.43. The molecule has 0 atom stereocenters. The van der Waals surface area contributed by atoms with Crippen LogP contribution in [0.4, 0.5) is 0 Å². The van der Waals surface area contributed by atoms with Crippen molar-refractivity contribution >= 4 is 11.0 Å². The average Bonchev–Trinajstić information content (AvgIpc) is 2.75. The second-order valence-electron chi connectivity index (χ2n) is 7.20. The second kappa shape index (κ2) is 11.8. The van der Waals surface area contributed by atoms with E-state index in [0.29, 0.717) is 25.2 Å². The first kappa shape index (κ1) is 24.0. The SMILES string of the molecule is C=CCn1c(=O)c2c(=O)cc(CCCC)n(CCCCN=[N+]=NC)c2n(CC=C)c1=O. The molecule has 31 heavy (non-hydrogen) atoms. The standard InChI is InChI=1S/C22H31N6O3/c1-5-8-11-17-16-18(29)19-20(26(17)15-10-9-12-24-25-23-4)27(13-6-2)22(31)28(14-7-3)21(19)30/h6-7,16H,2-3,5,8-15H2,1,4H3/q+1. The molecule has 0 aliphatic rings. The molecule has 0 radical (unpaired) electrons. The minimum atomic E-state index is -0.584. The average molecular weight is 428 g/mol. The van der Waals surface area contributed by atoms with Crippen LogP contribution in [0, 0.1) is 0 Å². The van der Waals surface area contributed by atoms with Crippen LogP contribution in [0.25, 0.3) is 11.0 Å². The van der Waals surface area contributed by atoms with Crippen LogP contribution in [0.5, 0.6) is 0 Å². The molecule has 166 valence electrons. The zero-order chi connectivity index (χ0) is 22.8. The van der Waals surface area contributed by atoms with Gasteiger partial charge in [0.25, 0.3) is 5.56 Å². The zero-order valence-corrected chi connectivity index (χ0v) is 18.4. The monoisotopic (exact) mass is 427 g/mol. The van der Waals surface area contributed by atoms with Gasteiger partial charge in [-0.15, -0.1) is 13.2 Å². The van der Waals surface area contributed by atoms with Crippen LogP contribution in [-0.2, 0) is 26.1 Å². The van der Waals surface area contributed by atoms with Crippen molar-refractivity contribution in [3.63, 3.8) is 0 Å². The predicted molar refractivity (Wildman–Crippen MR) is 123 cm³/mol. The van der Waals surface area contributed by atoms with E-state index >= 15 is 0 Å². The van der Waals surface area contributed by atoms with E-state index in [4.69, 9.17) is 0 Å². The van der Waals surface area contributed by atoms with Crippen molar-refractivity contribution in [2.75, 3.05) is 13.6 Å². The smallest absolute Gasteiger partial charge is 0.331 e. The molecule has 0 aromatic carbocycles. The molecule has 0 N–H and O–H groups in total. The summed E-state index contributed by atoms with van der Waals surface area (Å²) in [7, 11) is 1.56. The number of allylic oxidation sites excluding steroid dienone is 2. The Balaban J connectivity index is 2.77. The molecule has 9 heteroatoms. The maximum Gasteiger partial charge on any atom is 0.333 e. The van der Waals surface area contributed by atoms with E-state index in [1.165, 1.54) is 16.7 Å². The van der Waals surface area contributed by atoms with Gasteiger partial charge in [-0.1, -0.05) is 25.5 Å². The number of fused-ring (bicyclic) bond motifs is 1. The summed E-state index contributed by atoms with van der Waals surface area (Å²) in [5.74, 6) is 0. The molecule has 2 aromatic heterocycles. The van der Waals surface area contributed by atoms with Crippen molar-refractivity contribution in [3.05, 3.63) is 68.1 Å². The van der Waals surface area contributed by atoms with Crippen LogP contribution >= 0.6 is 0 Å². The fourth-order valence-corrected chi connectivity index (χ4v) is 3.58. The van der Waals surface area contributed by atoms with Gasteiger partial charge in [0.2, 0.25) is 4.91 Å². The second-order valence-corrected chi connectivity index (χ2v) is 7.20. The maximum absolute atomic E-state index is 13.1. The third kappa shape index (κ3) is 5.44. The Morgan fingerprint density at radius 1 is 1.03 bits per heavy atom. The van der Waals surface area contributed by atoms with Crippen LogP contribution in [-0.4, -0.2) is 27.3 Å². The molecule has 2 heterocycles. The lowest BCUT2D eigenvalue weighted by molar-refractivity contribution is 0.564. The first-order valence-corrected chi connectivity index (χ1v) is 10.6.